The number of ether oxygens (including phenoxy) is 1. The standard InChI is InChI=1S/C19H21N3O3/c1-3-25-17-7-5-4-6-15(17)13-20-22-19(24)12-18(23)21-16-10-8-14(2)9-11-16/h4-11,13H,3,12H2,1-2H3,(H,21,23)(H,22,24). The van der Waals surface area contributed by atoms with E-state index in [0.29, 0.717) is 18.0 Å². The Balaban J connectivity index is 1.84. The maximum Gasteiger partial charge on any atom is 0.249 e. The van der Waals surface area contributed by atoms with E-state index in [2.05, 4.69) is 15.8 Å². The molecule has 0 saturated heterocycles. The average molecular weight is 339 g/mol. The minimum absolute atomic E-state index is 0.307. The molecule has 0 bridgehead atoms. The fourth-order valence-corrected chi connectivity index (χ4v) is 2.08. The quantitative estimate of drug-likeness (QED) is 0.462. The van der Waals surface area contributed by atoms with E-state index in [-0.39, 0.29) is 6.42 Å². The van der Waals surface area contributed by atoms with Crippen molar-refractivity contribution < 1.29 is 14.3 Å². The van der Waals surface area contributed by atoms with Crippen LogP contribution in [-0.2, 0) is 9.59 Å². The van der Waals surface area contributed by atoms with Gasteiger partial charge in [-0.15, -0.1) is 0 Å². The molecule has 0 aliphatic rings. The molecule has 0 unspecified atom stereocenters. The van der Waals surface area contributed by atoms with Gasteiger partial charge in [0.05, 0.1) is 12.8 Å². The smallest absolute Gasteiger partial charge is 0.249 e. The number of benzene rings is 2. The van der Waals surface area contributed by atoms with Crippen LogP contribution in [0.5, 0.6) is 5.75 Å². The van der Waals surface area contributed by atoms with E-state index in [1.807, 2.05) is 50.2 Å². The zero-order valence-corrected chi connectivity index (χ0v) is 14.3. The second-order valence-corrected chi connectivity index (χ2v) is 5.35. The minimum atomic E-state index is -0.491. The Hall–Kier alpha value is -3.15. The van der Waals surface area contributed by atoms with Crippen LogP contribution in [0.3, 0.4) is 0 Å². The van der Waals surface area contributed by atoms with Gasteiger partial charge in [0.15, 0.2) is 0 Å². The van der Waals surface area contributed by atoms with Crippen LogP contribution in [-0.4, -0.2) is 24.6 Å². The number of hydrazone groups is 1. The fourth-order valence-electron chi connectivity index (χ4n) is 2.08. The van der Waals surface area contributed by atoms with E-state index >= 15 is 0 Å². The van der Waals surface area contributed by atoms with Gasteiger partial charge in [-0.1, -0.05) is 29.8 Å². The third-order valence-corrected chi connectivity index (χ3v) is 3.27. The maximum atomic E-state index is 11.8. The van der Waals surface area contributed by atoms with Crippen LogP contribution in [0.15, 0.2) is 53.6 Å². The molecule has 6 heteroatoms. The molecule has 2 N–H and O–H groups in total. The Labute approximate surface area is 146 Å². The van der Waals surface area contributed by atoms with Crippen molar-refractivity contribution in [1.29, 1.82) is 0 Å². The summed E-state index contributed by atoms with van der Waals surface area (Å²) in [4.78, 5) is 23.6. The first kappa shape index (κ1) is 18.2. The van der Waals surface area contributed by atoms with Gasteiger partial charge in [-0.3, -0.25) is 9.59 Å². The van der Waals surface area contributed by atoms with Crippen LogP contribution in [0, 0.1) is 6.92 Å². The molecule has 0 aliphatic heterocycles. The number of aryl methyl sites for hydroxylation is 1. The second kappa shape index (κ2) is 9.22. The van der Waals surface area contributed by atoms with E-state index < -0.39 is 11.8 Å². The molecule has 25 heavy (non-hydrogen) atoms. The lowest BCUT2D eigenvalue weighted by Gasteiger charge is -2.06. The molecule has 2 aromatic carbocycles. The summed E-state index contributed by atoms with van der Waals surface area (Å²) in [6.45, 7) is 4.39. The highest BCUT2D eigenvalue weighted by Gasteiger charge is 2.09. The number of carbonyl (C=O) groups excluding carboxylic acids is 2. The second-order valence-electron chi connectivity index (χ2n) is 5.35. The maximum absolute atomic E-state index is 11.8. The minimum Gasteiger partial charge on any atom is -0.493 e. The number of carbonyl (C=O) groups is 2. The van der Waals surface area contributed by atoms with Crippen molar-refractivity contribution in [2.75, 3.05) is 11.9 Å². The Kier molecular flexibility index (Phi) is 6.71. The first-order valence-corrected chi connectivity index (χ1v) is 7.98. The molecule has 2 aromatic rings. The molecule has 6 nitrogen and oxygen atoms in total. The van der Waals surface area contributed by atoms with Gasteiger partial charge in [0.1, 0.15) is 12.2 Å². The zero-order valence-electron chi connectivity index (χ0n) is 14.3. The highest BCUT2D eigenvalue weighted by atomic mass is 16.5. The zero-order chi connectivity index (χ0) is 18.1. The predicted molar refractivity (Wildman–Crippen MR) is 97.8 cm³/mol. The van der Waals surface area contributed by atoms with Crippen molar-refractivity contribution in [1.82, 2.24) is 5.43 Å². The molecule has 2 amide bonds. The SMILES string of the molecule is CCOc1ccccc1C=NNC(=O)CC(=O)Nc1ccc(C)cc1. The molecule has 0 aromatic heterocycles. The summed E-state index contributed by atoms with van der Waals surface area (Å²) >= 11 is 0. The molecule has 0 saturated carbocycles. The largest absolute Gasteiger partial charge is 0.493 e. The molecular formula is C19H21N3O3. The highest BCUT2D eigenvalue weighted by Crippen LogP contribution is 2.15. The average Bonchev–Trinajstić information content (AvgIpc) is 2.58. The number of nitrogens with one attached hydrogen (secondary N) is 2. The van der Waals surface area contributed by atoms with Crippen LogP contribution < -0.4 is 15.5 Å². The number of para-hydroxylation sites is 1. The third kappa shape index (κ3) is 6.10. The van der Waals surface area contributed by atoms with Gasteiger partial charge in [0.25, 0.3) is 0 Å². The van der Waals surface area contributed by atoms with Crippen molar-refractivity contribution in [2.45, 2.75) is 20.3 Å². The van der Waals surface area contributed by atoms with Gasteiger partial charge < -0.3 is 10.1 Å². The van der Waals surface area contributed by atoms with E-state index in [4.69, 9.17) is 4.74 Å². The molecule has 0 radical (unpaired) electrons. The number of hydrogen-bond acceptors (Lipinski definition) is 4. The van der Waals surface area contributed by atoms with Gasteiger partial charge in [-0.05, 0) is 38.1 Å². The molecule has 0 spiro atoms. The van der Waals surface area contributed by atoms with Crippen LogP contribution in [0.4, 0.5) is 5.69 Å². The Morgan fingerprint density at radius 1 is 1.08 bits per heavy atom. The monoisotopic (exact) mass is 339 g/mol. The van der Waals surface area contributed by atoms with Crippen molar-refractivity contribution in [3.05, 3.63) is 59.7 Å². The summed E-state index contributed by atoms with van der Waals surface area (Å²) in [5.74, 6) is -0.207. The number of anilines is 1. The topological polar surface area (TPSA) is 79.8 Å². The summed E-state index contributed by atoms with van der Waals surface area (Å²) in [6, 6.07) is 14.7. The molecule has 0 fully saturated rings. The van der Waals surface area contributed by atoms with E-state index in [1.54, 1.807) is 12.1 Å². The molecule has 0 atom stereocenters. The summed E-state index contributed by atoms with van der Waals surface area (Å²) in [5, 5.41) is 6.53. The normalized spacial score (nSPS) is 10.5. The first-order valence-electron chi connectivity index (χ1n) is 7.98. The van der Waals surface area contributed by atoms with Crippen molar-refractivity contribution >= 4 is 23.7 Å². The lowest BCUT2D eigenvalue weighted by Crippen LogP contribution is -2.24. The Morgan fingerprint density at radius 3 is 2.52 bits per heavy atom. The van der Waals surface area contributed by atoms with Gasteiger partial charge >= 0.3 is 0 Å². The van der Waals surface area contributed by atoms with Crippen molar-refractivity contribution in [3.63, 3.8) is 0 Å². The van der Waals surface area contributed by atoms with E-state index in [0.717, 1.165) is 11.1 Å². The fraction of sp³-hybridized carbons (Fsp3) is 0.211. The van der Waals surface area contributed by atoms with Gasteiger partial charge in [-0.25, -0.2) is 5.43 Å². The number of rotatable bonds is 7. The Bertz CT molecular complexity index is 755. The number of nitrogens with zero attached hydrogens (tertiary/aromatic N) is 1. The van der Waals surface area contributed by atoms with Crippen molar-refractivity contribution in [3.8, 4) is 5.75 Å². The summed E-state index contributed by atoms with van der Waals surface area (Å²) < 4.78 is 5.47. The molecule has 130 valence electrons. The van der Waals surface area contributed by atoms with E-state index in [1.165, 1.54) is 6.21 Å². The Morgan fingerprint density at radius 2 is 1.80 bits per heavy atom. The van der Waals surface area contributed by atoms with Gasteiger partial charge in [0.2, 0.25) is 11.8 Å². The van der Waals surface area contributed by atoms with Crippen LogP contribution >= 0.6 is 0 Å². The highest BCUT2D eigenvalue weighted by molar-refractivity contribution is 6.03. The predicted octanol–water partition coefficient (Wildman–Crippen LogP) is 2.87. The first-order chi connectivity index (χ1) is 12.1. The molecule has 2 rings (SSSR count). The molecule has 0 aliphatic carbocycles. The number of amides is 2. The van der Waals surface area contributed by atoms with E-state index in [9.17, 15) is 9.59 Å². The number of hydrogen-bond donors (Lipinski definition) is 2. The summed E-state index contributed by atoms with van der Waals surface area (Å²) in [6.07, 6.45) is 1.18. The van der Waals surface area contributed by atoms with Crippen LogP contribution in [0.1, 0.15) is 24.5 Å². The summed E-state index contributed by atoms with van der Waals surface area (Å²) in [5.41, 5.74) is 4.83. The van der Waals surface area contributed by atoms with Crippen LogP contribution in [0.2, 0.25) is 0 Å². The van der Waals surface area contributed by atoms with Crippen molar-refractivity contribution in [2.24, 2.45) is 5.10 Å². The molecule has 0 heterocycles. The third-order valence-electron chi connectivity index (χ3n) is 3.27. The van der Waals surface area contributed by atoms with Gasteiger partial charge in [0, 0.05) is 11.3 Å². The van der Waals surface area contributed by atoms with Gasteiger partial charge in [-0.2, -0.15) is 5.10 Å². The molecular weight excluding hydrogens is 318 g/mol. The van der Waals surface area contributed by atoms with Crippen LogP contribution in [0.25, 0.3) is 0 Å². The lowest BCUT2D eigenvalue weighted by atomic mass is 10.2. The summed E-state index contributed by atoms with van der Waals surface area (Å²) in [7, 11) is 0. The lowest BCUT2D eigenvalue weighted by molar-refractivity contribution is -0.126.